The third kappa shape index (κ3) is 4.55. The Balaban J connectivity index is 1.33. The van der Waals surface area contributed by atoms with Gasteiger partial charge in [-0.2, -0.15) is 0 Å². The highest BCUT2D eigenvalue weighted by molar-refractivity contribution is 6.78. The van der Waals surface area contributed by atoms with Gasteiger partial charge in [-0.25, -0.2) is 23.7 Å². The minimum Gasteiger partial charge on any atom is -0.365 e. The summed E-state index contributed by atoms with van der Waals surface area (Å²) in [5, 5.41) is 3.94. The summed E-state index contributed by atoms with van der Waals surface area (Å²) < 4.78 is 30.5. The van der Waals surface area contributed by atoms with Crippen molar-refractivity contribution in [2.45, 2.75) is 37.5 Å². The van der Waals surface area contributed by atoms with Crippen LogP contribution in [0.2, 0.25) is 10.8 Å². The van der Waals surface area contributed by atoms with Crippen LogP contribution in [-0.2, 0) is 7.05 Å². The molecule has 7 nitrogen and oxygen atoms in total. The van der Waals surface area contributed by atoms with E-state index in [1.807, 2.05) is 7.05 Å². The molecular formula is C23H21BClF2N6O. The van der Waals surface area contributed by atoms with E-state index >= 15 is 0 Å². The summed E-state index contributed by atoms with van der Waals surface area (Å²) in [4.78, 5) is 28.0. The zero-order valence-corrected chi connectivity index (χ0v) is 19.1. The monoisotopic (exact) mass is 481 g/mol. The van der Waals surface area contributed by atoms with Crippen molar-refractivity contribution < 1.29 is 13.6 Å². The first-order valence-corrected chi connectivity index (χ1v) is 11.4. The molecule has 1 saturated carbocycles. The van der Waals surface area contributed by atoms with Crippen LogP contribution in [0.5, 0.6) is 0 Å². The lowest BCUT2D eigenvalue weighted by Crippen LogP contribution is -2.30. The third-order valence-electron chi connectivity index (χ3n) is 6.09. The van der Waals surface area contributed by atoms with Crippen LogP contribution in [0.3, 0.4) is 0 Å². The number of halogens is 3. The number of H-pyrrole nitrogens is 1. The Labute approximate surface area is 200 Å². The van der Waals surface area contributed by atoms with Gasteiger partial charge >= 0.3 is 0 Å². The van der Waals surface area contributed by atoms with Gasteiger partial charge in [-0.05, 0) is 25.0 Å². The lowest BCUT2D eigenvalue weighted by Gasteiger charge is -2.29. The number of aryl methyl sites for hydroxylation is 1. The molecule has 2 atom stereocenters. The second kappa shape index (κ2) is 9.17. The minimum atomic E-state index is -0.580. The molecule has 11 heteroatoms. The maximum Gasteiger partial charge on any atom is 0.215 e. The van der Waals surface area contributed by atoms with E-state index in [2.05, 4.69) is 25.3 Å². The number of hydrogen-bond donors (Lipinski definition) is 2. The number of carbonyl (C=O) groups is 1. The Morgan fingerprint density at radius 2 is 2.12 bits per heavy atom. The summed E-state index contributed by atoms with van der Waals surface area (Å²) in [5.74, 6) is -0.684. The molecule has 1 aliphatic rings. The lowest BCUT2D eigenvalue weighted by atomic mass is 9.55. The highest BCUT2D eigenvalue weighted by Gasteiger charge is 2.27. The van der Waals surface area contributed by atoms with E-state index < -0.39 is 11.6 Å². The average Bonchev–Trinajstić information content (AvgIpc) is 3.42. The highest BCUT2D eigenvalue weighted by Crippen LogP contribution is 2.33. The molecule has 3 heterocycles. The summed E-state index contributed by atoms with van der Waals surface area (Å²) in [7, 11) is 3.53. The summed E-state index contributed by atoms with van der Waals surface area (Å²) in [6.07, 6.45) is 9.25. The van der Waals surface area contributed by atoms with Crippen LogP contribution in [0.25, 0.3) is 22.3 Å². The second-order valence-corrected chi connectivity index (χ2v) is 9.06. The molecule has 173 valence electrons. The van der Waals surface area contributed by atoms with Gasteiger partial charge in [-0.3, -0.25) is 0 Å². The molecule has 1 aromatic carbocycles. The normalized spacial score (nSPS) is 18.2. The van der Waals surface area contributed by atoms with Crippen molar-refractivity contribution >= 4 is 41.3 Å². The number of benzene rings is 1. The molecule has 34 heavy (non-hydrogen) atoms. The van der Waals surface area contributed by atoms with Crippen LogP contribution in [0, 0.1) is 11.6 Å². The van der Waals surface area contributed by atoms with Gasteiger partial charge in [0.15, 0.2) is 17.5 Å². The van der Waals surface area contributed by atoms with Crippen molar-refractivity contribution in [1.82, 2.24) is 24.5 Å². The van der Waals surface area contributed by atoms with Crippen LogP contribution in [0.1, 0.15) is 36.2 Å². The van der Waals surface area contributed by atoms with E-state index in [-0.39, 0.29) is 39.7 Å². The number of nitrogens with one attached hydrogen (secondary N) is 2. The van der Waals surface area contributed by atoms with E-state index in [1.54, 1.807) is 36.6 Å². The molecule has 0 bridgehead atoms. The van der Waals surface area contributed by atoms with Gasteiger partial charge in [0.1, 0.15) is 17.2 Å². The van der Waals surface area contributed by atoms with Crippen molar-refractivity contribution in [2.24, 2.45) is 7.05 Å². The number of aromatic nitrogens is 5. The molecule has 0 aliphatic heterocycles. The van der Waals surface area contributed by atoms with Crippen LogP contribution in [0.15, 0.2) is 37.1 Å². The molecule has 1 radical (unpaired) electrons. The van der Waals surface area contributed by atoms with Gasteiger partial charge in [-0.15, -0.1) is 0 Å². The van der Waals surface area contributed by atoms with E-state index in [1.165, 1.54) is 6.07 Å². The fourth-order valence-corrected chi connectivity index (χ4v) is 4.69. The molecule has 1 fully saturated rings. The predicted molar refractivity (Wildman–Crippen MR) is 127 cm³/mol. The first-order chi connectivity index (χ1) is 16.4. The molecule has 0 saturated heterocycles. The number of aromatic amines is 1. The van der Waals surface area contributed by atoms with Gasteiger partial charge in [-0.1, -0.05) is 30.3 Å². The standard InChI is InChI=1S/C23H21BClF2N6O/c1-33-10-19(30-11-33)21(34)24-12-3-2-4-14(5-12)31-23-18(27)9-29-22(32-23)16-8-28-20-15(16)6-13(25)7-17(20)26/h6-12,14,28H,2-5H2,1H3,(H,29,31,32)/t12-,14+/m1/s1. The first kappa shape index (κ1) is 22.5. The van der Waals surface area contributed by atoms with E-state index in [0.717, 1.165) is 25.5 Å². The maximum atomic E-state index is 14.6. The van der Waals surface area contributed by atoms with Gasteiger partial charge in [0.25, 0.3) is 0 Å². The molecule has 1 aliphatic carbocycles. The number of nitrogens with zero attached hydrogens (tertiary/aromatic N) is 4. The third-order valence-corrected chi connectivity index (χ3v) is 6.31. The predicted octanol–water partition coefficient (Wildman–Crippen LogP) is 4.98. The number of anilines is 1. The number of fused-ring (bicyclic) bond motifs is 1. The van der Waals surface area contributed by atoms with Crippen molar-refractivity contribution in [3.05, 3.63) is 59.4 Å². The second-order valence-electron chi connectivity index (χ2n) is 8.63. The summed E-state index contributed by atoms with van der Waals surface area (Å²) in [6, 6.07) is 2.78. The number of hydrogen-bond acceptors (Lipinski definition) is 5. The lowest BCUT2D eigenvalue weighted by molar-refractivity contribution is 0.107. The molecule has 0 amide bonds. The van der Waals surface area contributed by atoms with Gasteiger partial charge in [0, 0.05) is 41.5 Å². The zero-order chi connectivity index (χ0) is 23.8. The fourth-order valence-electron chi connectivity index (χ4n) is 4.48. The number of carbonyl (C=O) groups excluding carboxylic acids is 1. The van der Waals surface area contributed by atoms with Gasteiger partial charge < -0.3 is 19.7 Å². The Hall–Kier alpha value is -3.27. The Bertz CT molecular complexity index is 1370. The van der Waals surface area contributed by atoms with Crippen LogP contribution < -0.4 is 5.32 Å². The highest BCUT2D eigenvalue weighted by atomic mass is 35.5. The van der Waals surface area contributed by atoms with E-state index in [9.17, 15) is 13.6 Å². The molecule has 3 aromatic heterocycles. The zero-order valence-electron chi connectivity index (χ0n) is 18.4. The van der Waals surface area contributed by atoms with Crippen molar-refractivity contribution in [3.63, 3.8) is 0 Å². The largest absolute Gasteiger partial charge is 0.365 e. The van der Waals surface area contributed by atoms with Crippen LogP contribution in [0.4, 0.5) is 14.6 Å². The van der Waals surface area contributed by atoms with Gasteiger partial charge in [0.05, 0.1) is 18.0 Å². The van der Waals surface area contributed by atoms with Crippen molar-refractivity contribution in [1.29, 1.82) is 0 Å². The van der Waals surface area contributed by atoms with Crippen molar-refractivity contribution in [3.8, 4) is 11.4 Å². The SMILES string of the molecule is Cn1cnc(C(=O)[B][C@@H]2CCC[C@H](Nc3nc(-c4c[nH]c5c(F)cc(Cl)cc45)ncc3F)C2)c1. The number of imidazole rings is 1. The molecule has 0 unspecified atom stereocenters. The topological polar surface area (TPSA) is 88.5 Å². The Kier molecular flexibility index (Phi) is 6.08. The molecular weight excluding hydrogens is 461 g/mol. The summed E-state index contributed by atoms with van der Waals surface area (Å²) >= 11 is 6.02. The number of rotatable bonds is 6. The van der Waals surface area contributed by atoms with Gasteiger partial charge in [0.2, 0.25) is 7.28 Å². The Morgan fingerprint density at radius 3 is 2.91 bits per heavy atom. The smallest absolute Gasteiger partial charge is 0.215 e. The minimum absolute atomic E-state index is 0.0568. The summed E-state index contributed by atoms with van der Waals surface area (Å²) in [5.41, 5.74) is 1.12. The average molecular weight is 482 g/mol. The van der Waals surface area contributed by atoms with Crippen LogP contribution in [-0.4, -0.2) is 43.5 Å². The first-order valence-electron chi connectivity index (χ1n) is 11.0. The van der Waals surface area contributed by atoms with Crippen molar-refractivity contribution in [2.75, 3.05) is 5.32 Å². The Morgan fingerprint density at radius 1 is 1.26 bits per heavy atom. The quantitative estimate of drug-likeness (QED) is 0.379. The molecule has 4 aromatic rings. The van der Waals surface area contributed by atoms with E-state index in [0.29, 0.717) is 23.1 Å². The summed E-state index contributed by atoms with van der Waals surface area (Å²) in [6.45, 7) is 0. The molecule has 2 N–H and O–H groups in total. The van der Waals surface area contributed by atoms with Crippen LogP contribution >= 0.6 is 11.6 Å². The maximum absolute atomic E-state index is 14.6. The molecule has 0 spiro atoms. The van der Waals surface area contributed by atoms with E-state index in [4.69, 9.17) is 11.6 Å². The molecule has 5 rings (SSSR count). The fraction of sp³-hybridized carbons (Fsp3) is 0.304.